The second-order valence-corrected chi connectivity index (χ2v) is 6.81. The molecule has 2 heterocycles. The van der Waals surface area contributed by atoms with Crippen LogP contribution in [0.1, 0.15) is 6.42 Å². The van der Waals surface area contributed by atoms with Gasteiger partial charge in [0, 0.05) is 30.6 Å². The summed E-state index contributed by atoms with van der Waals surface area (Å²) in [6.07, 6.45) is 4.74. The minimum absolute atomic E-state index is 0.0611. The molecule has 124 valence electrons. The SMILES string of the molecule is O=C(O)CCNS(=O)(=O)c1cccc(-c2cnc3ccnn3c2)c1. The van der Waals surface area contributed by atoms with Gasteiger partial charge in [-0.2, -0.15) is 5.10 Å². The Bertz CT molecular complexity index is 997. The molecule has 0 saturated heterocycles. The average Bonchev–Trinajstić information content (AvgIpc) is 3.02. The average molecular weight is 346 g/mol. The van der Waals surface area contributed by atoms with E-state index in [2.05, 4.69) is 14.8 Å². The topological polar surface area (TPSA) is 114 Å². The monoisotopic (exact) mass is 346 g/mol. The van der Waals surface area contributed by atoms with Crippen LogP contribution in [0, 0.1) is 0 Å². The van der Waals surface area contributed by atoms with Crippen LogP contribution in [-0.4, -0.2) is 40.6 Å². The summed E-state index contributed by atoms with van der Waals surface area (Å²) in [6.45, 7) is -0.164. The molecule has 8 nitrogen and oxygen atoms in total. The summed E-state index contributed by atoms with van der Waals surface area (Å²) in [4.78, 5) is 14.8. The molecule has 0 aliphatic heterocycles. The fraction of sp³-hybridized carbons (Fsp3) is 0.133. The molecular formula is C15H14N4O4S. The van der Waals surface area contributed by atoms with E-state index in [4.69, 9.17) is 5.11 Å². The summed E-state index contributed by atoms with van der Waals surface area (Å²) >= 11 is 0. The van der Waals surface area contributed by atoms with Gasteiger partial charge in [-0.1, -0.05) is 12.1 Å². The molecule has 0 amide bonds. The zero-order valence-corrected chi connectivity index (χ0v) is 13.3. The van der Waals surface area contributed by atoms with Gasteiger partial charge < -0.3 is 5.11 Å². The molecule has 2 aromatic heterocycles. The van der Waals surface area contributed by atoms with Crippen molar-refractivity contribution in [2.75, 3.05) is 6.54 Å². The summed E-state index contributed by atoms with van der Waals surface area (Å²) < 4.78 is 28.3. The summed E-state index contributed by atoms with van der Waals surface area (Å²) in [7, 11) is -3.77. The van der Waals surface area contributed by atoms with E-state index < -0.39 is 16.0 Å². The van der Waals surface area contributed by atoms with Gasteiger partial charge in [-0.15, -0.1) is 0 Å². The van der Waals surface area contributed by atoms with Gasteiger partial charge in [0.25, 0.3) is 0 Å². The number of carbonyl (C=O) groups is 1. The van der Waals surface area contributed by atoms with Gasteiger partial charge in [0.2, 0.25) is 10.0 Å². The lowest BCUT2D eigenvalue weighted by Gasteiger charge is -2.08. The number of rotatable bonds is 6. The van der Waals surface area contributed by atoms with Crippen LogP contribution in [0.5, 0.6) is 0 Å². The van der Waals surface area contributed by atoms with Crippen LogP contribution in [0.3, 0.4) is 0 Å². The maximum Gasteiger partial charge on any atom is 0.304 e. The van der Waals surface area contributed by atoms with Gasteiger partial charge in [0.1, 0.15) is 0 Å². The highest BCUT2D eigenvalue weighted by Gasteiger charge is 2.15. The van der Waals surface area contributed by atoms with Crippen molar-refractivity contribution in [3.05, 3.63) is 48.9 Å². The number of nitrogens with zero attached hydrogens (tertiary/aromatic N) is 3. The van der Waals surface area contributed by atoms with Gasteiger partial charge in [-0.3, -0.25) is 4.79 Å². The van der Waals surface area contributed by atoms with Crippen LogP contribution in [0.2, 0.25) is 0 Å². The van der Waals surface area contributed by atoms with E-state index in [1.165, 1.54) is 12.1 Å². The maximum absolute atomic E-state index is 12.2. The van der Waals surface area contributed by atoms with Gasteiger partial charge >= 0.3 is 5.97 Å². The Morgan fingerprint density at radius 1 is 1.25 bits per heavy atom. The van der Waals surface area contributed by atoms with Gasteiger partial charge in [-0.05, 0) is 17.7 Å². The normalized spacial score (nSPS) is 11.7. The molecule has 0 bridgehead atoms. The first-order valence-corrected chi connectivity index (χ1v) is 8.55. The maximum atomic E-state index is 12.2. The van der Waals surface area contributed by atoms with Crippen LogP contribution >= 0.6 is 0 Å². The molecule has 24 heavy (non-hydrogen) atoms. The Hall–Kier alpha value is -2.78. The highest BCUT2D eigenvalue weighted by molar-refractivity contribution is 7.89. The van der Waals surface area contributed by atoms with Crippen molar-refractivity contribution in [2.24, 2.45) is 0 Å². The molecule has 0 saturated carbocycles. The predicted molar refractivity (Wildman–Crippen MR) is 85.9 cm³/mol. The minimum atomic E-state index is -3.77. The molecule has 1 aromatic carbocycles. The third-order valence-corrected chi connectivity index (χ3v) is 4.81. The fourth-order valence-corrected chi connectivity index (χ4v) is 3.25. The lowest BCUT2D eigenvalue weighted by Crippen LogP contribution is -2.26. The van der Waals surface area contributed by atoms with Crippen molar-refractivity contribution in [1.29, 1.82) is 0 Å². The van der Waals surface area contributed by atoms with Gasteiger partial charge in [0.05, 0.1) is 17.5 Å². The predicted octanol–water partition coefficient (Wildman–Crippen LogP) is 1.15. The summed E-state index contributed by atoms with van der Waals surface area (Å²) in [5, 5.41) is 12.7. The molecule has 0 unspecified atom stereocenters. The van der Waals surface area contributed by atoms with E-state index in [-0.39, 0.29) is 17.9 Å². The van der Waals surface area contributed by atoms with Crippen molar-refractivity contribution in [3.63, 3.8) is 0 Å². The summed E-state index contributed by atoms with van der Waals surface area (Å²) in [5.41, 5.74) is 2.08. The van der Waals surface area contributed by atoms with Crippen molar-refractivity contribution in [2.45, 2.75) is 11.3 Å². The third kappa shape index (κ3) is 3.42. The molecule has 0 radical (unpaired) electrons. The fourth-order valence-electron chi connectivity index (χ4n) is 2.18. The van der Waals surface area contributed by atoms with Crippen molar-refractivity contribution in [3.8, 4) is 11.1 Å². The van der Waals surface area contributed by atoms with E-state index in [0.29, 0.717) is 16.8 Å². The minimum Gasteiger partial charge on any atom is -0.481 e. The van der Waals surface area contributed by atoms with Gasteiger partial charge in [0.15, 0.2) is 5.65 Å². The molecule has 9 heteroatoms. The molecule has 0 fully saturated rings. The lowest BCUT2D eigenvalue weighted by atomic mass is 10.1. The van der Waals surface area contributed by atoms with Crippen molar-refractivity contribution < 1.29 is 18.3 Å². The molecular weight excluding hydrogens is 332 g/mol. The first-order chi connectivity index (χ1) is 11.5. The number of aliphatic carboxylic acids is 1. The number of carboxylic acids is 1. The molecule has 0 atom stereocenters. The number of aromatic nitrogens is 3. The van der Waals surface area contributed by atoms with E-state index in [9.17, 15) is 13.2 Å². The molecule has 3 rings (SSSR count). The highest BCUT2D eigenvalue weighted by Crippen LogP contribution is 2.22. The number of benzene rings is 1. The Morgan fingerprint density at radius 2 is 2.08 bits per heavy atom. The van der Waals surface area contributed by atoms with Crippen LogP contribution in [-0.2, 0) is 14.8 Å². The lowest BCUT2D eigenvalue weighted by molar-refractivity contribution is -0.136. The second kappa shape index (κ2) is 6.38. The van der Waals surface area contributed by atoms with Crippen LogP contribution in [0.15, 0.2) is 53.8 Å². The second-order valence-electron chi connectivity index (χ2n) is 5.05. The number of sulfonamides is 1. The largest absolute Gasteiger partial charge is 0.481 e. The molecule has 0 aliphatic rings. The molecule has 3 aromatic rings. The smallest absolute Gasteiger partial charge is 0.304 e. The van der Waals surface area contributed by atoms with E-state index >= 15 is 0 Å². The van der Waals surface area contributed by atoms with E-state index in [1.807, 2.05) is 0 Å². The zero-order chi connectivity index (χ0) is 17.2. The first-order valence-electron chi connectivity index (χ1n) is 7.07. The molecule has 0 aliphatic carbocycles. The quantitative estimate of drug-likeness (QED) is 0.692. The van der Waals surface area contributed by atoms with Gasteiger partial charge in [-0.25, -0.2) is 22.6 Å². The summed E-state index contributed by atoms with van der Waals surface area (Å²) in [5.74, 6) is -1.06. The zero-order valence-electron chi connectivity index (χ0n) is 12.5. The standard InChI is InChI=1S/C15H14N4O4S/c20-15(21)5-7-18-24(22,23)13-3-1-2-11(8-13)12-9-16-14-4-6-17-19(14)10-12/h1-4,6,8-10,18H,5,7H2,(H,20,21). The Morgan fingerprint density at radius 3 is 2.88 bits per heavy atom. The Kier molecular flexibility index (Phi) is 4.28. The van der Waals surface area contributed by atoms with Crippen LogP contribution in [0.4, 0.5) is 0 Å². The number of carboxylic acid groups (broad SMARTS) is 1. The Labute approximate surface area is 137 Å². The number of nitrogens with one attached hydrogen (secondary N) is 1. The van der Waals surface area contributed by atoms with Crippen LogP contribution in [0.25, 0.3) is 16.8 Å². The van der Waals surface area contributed by atoms with Crippen molar-refractivity contribution >= 4 is 21.6 Å². The molecule has 0 spiro atoms. The molecule has 2 N–H and O–H groups in total. The van der Waals surface area contributed by atoms with Crippen LogP contribution < -0.4 is 4.72 Å². The first kappa shape index (κ1) is 16.1. The Balaban J connectivity index is 1.89. The highest BCUT2D eigenvalue weighted by atomic mass is 32.2. The third-order valence-electron chi connectivity index (χ3n) is 3.36. The van der Waals surface area contributed by atoms with E-state index in [0.717, 1.165) is 0 Å². The number of hydrogen-bond acceptors (Lipinski definition) is 5. The van der Waals surface area contributed by atoms with E-state index in [1.54, 1.807) is 41.3 Å². The number of hydrogen-bond donors (Lipinski definition) is 2. The number of fused-ring (bicyclic) bond motifs is 1. The van der Waals surface area contributed by atoms with Crippen molar-refractivity contribution in [1.82, 2.24) is 19.3 Å². The summed E-state index contributed by atoms with van der Waals surface area (Å²) in [6, 6.07) is 8.11.